The van der Waals surface area contributed by atoms with Crippen LogP contribution in [0, 0.1) is 18.3 Å². The SMILES string of the molecule is Cc1occc1CN(C)CC1CCCC(C)(C)C1=O. The van der Waals surface area contributed by atoms with Gasteiger partial charge in [-0.3, -0.25) is 4.79 Å². The fraction of sp³-hybridized carbons (Fsp3) is 0.688. The Morgan fingerprint density at radius 3 is 2.84 bits per heavy atom. The van der Waals surface area contributed by atoms with Gasteiger partial charge in [-0.2, -0.15) is 0 Å². The van der Waals surface area contributed by atoms with Crippen molar-refractivity contribution in [2.24, 2.45) is 11.3 Å². The predicted molar refractivity (Wildman–Crippen MR) is 75.9 cm³/mol. The lowest BCUT2D eigenvalue weighted by Gasteiger charge is -2.35. The average molecular weight is 263 g/mol. The number of hydrogen-bond acceptors (Lipinski definition) is 3. The van der Waals surface area contributed by atoms with Gasteiger partial charge in [0.2, 0.25) is 0 Å². The van der Waals surface area contributed by atoms with Gasteiger partial charge in [-0.1, -0.05) is 20.3 Å². The Kier molecular flexibility index (Phi) is 4.14. The van der Waals surface area contributed by atoms with E-state index in [9.17, 15) is 4.79 Å². The smallest absolute Gasteiger partial charge is 0.142 e. The standard InChI is InChI=1S/C16H25NO2/c1-12-13(7-9-19-12)10-17(4)11-14-6-5-8-16(2,3)15(14)18/h7,9,14H,5-6,8,10-11H2,1-4H3. The second-order valence-corrected chi connectivity index (χ2v) is 6.54. The Bertz CT molecular complexity index is 447. The molecule has 0 N–H and O–H groups in total. The van der Waals surface area contributed by atoms with E-state index in [1.54, 1.807) is 6.26 Å². The molecule has 0 aromatic carbocycles. The second-order valence-electron chi connectivity index (χ2n) is 6.54. The van der Waals surface area contributed by atoms with Crippen LogP contribution in [0.1, 0.15) is 44.4 Å². The van der Waals surface area contributed by atoms with Gasteiger partial charge in [0, 0.05) is 30.0 Å². The van der Waals surface area contributed by atoms with Gasteiger partial charge in [-0.05, 0) is 32.9 Å². The third-order valence-electron chi connectivity index (χ3n) is 4.33. The van der Waals surface area contributed by atoms with Crippen molar-refractivity contribution < 1.29 is 9.21 Å². The molecular weight excluding hydrogens is 238 g/mol. The number of hydrogen-bond donors (Lipinski definition) is 0. The minimum Gasteiger partial charge on any atom is -0.469 e. The van der Waals surface area contributed by atoms with E-state index in [0.29, 0.717) is 5.78 Å². The lowest BCUT2D eigenvalue weighted by molar-refractivity contribution is -0.134. The summed E-state index contributed by atoms with van der Waals surface area (Å²) in [5.41, 5.74) is 1.08. The van der Waals surface area contributed by atoms with Crippen molar-refractivity contribution in [3.63, 3.8) is 0 Å². The molecule has 1 aromatic rings. The van der Waals surface area contributed by atoms with Crippen molar-refractivity contribution in [3.8, 4) is 0 Å². The number of carbonyl (C=O) groups excluding carboxylic acids is 1. The molecule has 1 aliphatic rings. The molecule has 106 valence electrons. The third kappa shape index (κ3) is 3.27. The van der Waals surface area contributed by atoms with Gasteiger partial charge < -0.3 is 9.32 Å². The highest BCUT2D eigenvalue weighted by molar-refractivity contribution is 5.87. The van der Waals surface area contributed by atoms with Crippen molar-refractivity contribution in [2.45, 2.75) is 46.6 Å². The van der Waals surface area contributed by atoms with Crippen molar-refractivity contribution in [1.29, 1.82) is 0 Å². The van der Waals surface area contributed by atoms with Crippen LogP contribution in [-0.4, -0.2) is 24.3 Å². The molecule has 0 aliphatic heterocycles. The van der Waals surface area contributed by atoms with E-state index < -0.39 is 0 Å². The molecule has 0 saturated heterocycles. The van der Waals surface area contributed by atoms with Crippen LogP contribution in [0.5, 0.6) is 0 Å². The summed E-state index contributed by atoms with van der Waals surface area (Å²) in [6.07, 6.45) is 4.97. The highest BCUT2D eigenvalue weighted by atomic mass is 16.3. The molecule has 3 nitrogen and oxygen atoms in total. The van der Waals surface area contributed by atoms with Gasteiger partial charge in [-0.25, -0.2) is 0 Å². The zero-order valence-corrected chi connectivity index (χ0v) is 12.5. The largest absolute Gasteiger partial charge is 0.469 e. The highest BCUT2D eigenvalue weighted by Crippen LogP contribution is 2.35. The molecule has 0 amide bonds. The van der Waals surface area contributed by atoms with Gasteiger partial charge in [0.25, 0.3) is 0 Å². The summed E-state index contributed by atoms with van der Waals surface area (Å²) in [6, 6.07) is 2.01. The van der Waals surface area contributed by atoms with Crippen molar-refractivity contribution >= 4 is 5.78 Å². The zero-order chi connectivity index (χ0) is 14.0. The quantitative estimate of drug-likeness (QED) is 0.834. The summed E-state index contributed by atoms with van der Waals surface area (Å²) in [4.78, 5) is 14.6. The molecule has 1 unspecified atom stereocenters. The van der Waals surface area contributed by atoms with Gasteiger partial charge in [0.1, 0.15) is 11.5 Å². The Morgan fingerprint density at radius 2 is 2.21 bits per heavy atom. The fourth-order valence-corrected chi connectivity index (χ4v) is 3.08. The molecule has 1 saturated carbocycles. The van der Waals surface area contributed by atoms with Crippen molar-refractivity contribution in [2.75, 3.05) is 13.6 Å². The fourth-order valence-electron chi connectivity index (χ4n) is 3.08. The first-order chi connectivity index (χ1) is 8.90. The van der Waals surface area contributed by atoms with E-state index in [1.165, 1.54) is 12.0 Å². The minimum absolute atomic E-state index is 0.130. The summed E-state index contributed by atoms with van der Waals surface area (Å²) < 4.78 is 5.32. The predicted octanol–water partition coefficient (Wildman–Crippen LogP) is 3.42. The average Bonchev–Trinajstić information content (AvgIpc) is 2.71. The second kappa shape index (κ2) is 5.49. The van der Waals surface area contributed by atoms with Crippen LogP contribution in [0.3, 0.4) is 0 Å². The van der Waals surface area contributed by atoms with Crippen LogP contribution >= 0.6 is 0 Å². The normalized spacial score (nSPS) is 23.0. The minimum atomic E-state index is -0.130. The summed E-state index contributed by atoms with van der Waals surface area (Å²) in [6.45, 7) is 7.86. The Labute approximate surface area is 116 Å². The maximum absolute atomic E-state index is 12.4. The molecule has 19 heavy (non-hydrogen) atoms. The lowest BCUT2D eigenvalue weighted by Crippen LogP contribution is -2.40. The van der Waals surface area contributed by atoms with Gasteiger partial charge in [-0.15, -0.1) is 0 Å². The van der Waals surface area contributed by atoms with E-state index in [2.05, 4.69) is 25.8 Å². The van der Waals surface area contributed by atoms with Gasteiger partial charge in [0.15, 0.2) is 0 Å². The first kappa shape index (κ1) is 14.3. The number of nitrogens with zero attached hydrogens (tertiary/aromatic N) is 1. The Hall–Kier alpha value is -1.09. The summed E-state index contributed by atoms with van der Waals surface area (Å²) in [7, 11) is 2.08. The molecule has 3 heteroatoms. The van der Waals surface area contributed by atoms with E-state index >= 15 is 0 Å². The summed E-state index contributed by atoms with van der Waals surface area (Å²) in [5.74, 6) is 1.61. The molecule has 0 bridgehead atoms. The van der Waals surface area contributed by atoms with Crippen molar-refractivity contribution in [1.82, 2.24) is 4.90 Å². The van der Waals surface area contributed by atoms with E-state index in [-0.39, 0.29) is 11.3 Å². The number of carbonyl (C=O) groups is 1. The number of furan rings is 1. The Balaban J connectivity index is 1.93. The maximum atomic E-state index is 12.4. The van der Waals surface area contributed by atoms with E-state index in [1.807, 2.05) is 13.0 Å². The number of rotatable bonds is 4. The number of Topliss-reactive ketones (excluding diaryl/α,β-unsaturated/α-hetero) is 1. The summed E-state index contributed by atoms with van der Waals surface area (Å²) >= 11 is 0. The van der Waals surface area contributed by atoms with E-state index in [4.69, 9.17) is 4.42 Å². The number of aryl methyl sites for hydroxylation is 1. The van der Waals surface area contributed by atoms with Crippen molar-refractivity contribution in [3.05, 3.63) is 23.7 Å². The third-order valence-corrected chi connectivity index (χ3v) is 4.33. The first-order valence-corrected chi connectivity index (χ1v) is 7.16. The summed E-state index contributed by atoms with van der Waals surface area (Å²) in [5, 5.41) is 0. The monoisotopic (exact) mass is 263 g/mol. The zero-order valence-electron chi connectivity index (χ0n) is 12.5. The molecular formula is C16H25NO2. The molecule has 1 atom stereocenters. The maximum Gasteiger partial charge on any atom is 0.142 e. The lowest BCUT2D eigenvalue weighted by atomic mass is 9.71. The Morgan fingerprint density at radius 1 is 1.47 bits per heavy atom. The van der Waals surface area contributed by atoms with Crippen LogP contribution in [-0.2, 0) is 11.3 Å². The number of ketones is 1. The topological polar surface area (TPSA) is 33.5 Å². The molecule has 1 heterocycles. The van der Waals surface area contributed by atoms with Crippen LogP contribution in [0.4, 0.5) is 0 Å². The highest BCUT2D eigenvalue weighted by Gasteiger charge is 2.37. The van der Waals surface area contributed by atoms with Crippen LogP contribution < -0.4 is 0 Å². The van der Waals surface area contributed by atoms with Crippen LogP contribution in [0.25, 0.3) is 0 Å². The molecule has 0 spiro atoms. The van der Waals surface area contributed by atoms with Crippen LogP contribution in [0.15, 0.2) is 16.7 Å². The molecule has 1 aliphatic carbocycles. The van der Waals surface area contributed by atoms with E-state index in [0.717, 1.165) is 31.7 Å². The molecule has 0 radical (unpaired) electrons. The molecule has 1 aromatic heterocycles. The van der Waals surface area contributed by atoms with Gasteiger partial charge >= 0.3 is 0 Å². The van der Waals surface area contributed by atoms with Gasteiger partial charge in [0.05, 0.1) is 6.26 Å². The van der Waals surface area contributed by atoms with Crippen LogP contribution in [0.2, 0.25) is 0 Å². The molecule has 2 rings (SSSR count). The molecule has 1 fully saturated rings. The first-order valence-electron chi connectivity index (χ1n) is 7.16.